The number of rotatable bonds is 2. The van der Waals surface area contributed by atoms with Crippen molar-refractivity contribution in [1.29, 1.82) is 0 Å². The Hall–Kier alpha value is -1.92. The van der Waals surface area contributed by atoms with Crippen molar-refractivity contribution >= 4 is 45.4 Å². The summed E-state index contributed by atoms with van der Waals surface area (Å²) < 4.78 is 0. The number of benzene rings is 1. The van der Waals surface area contributed by atoms with E-state index in [4.69, 9.17) is 0 Å². The molecule has 0 radical (unpaired) electrons. The highest BCUT2D eigenvalue weighted by molar-refractivity contribution is 8.18. The minimum Gasteiger partial charge on any atom is -0.289 e. The van der Waals surface area contributed by atoms with Crippen LogP contribution in [0.2, 0.25) is 0 Å². The SMILES string of the molecule is CN1C(=O)/C(=C/c2ccccc2)S/C1=N/c1nccs1. The molecule has 0 atom stereocenters. The maximum atomic E-state index is 12.2. The molecular weight excluding hydrogens is 290 g/mol. The van der Waals surface area contributed by atoms with Gasteiger partial charge in [-0.3, -0.25) is 9.69 Å². The van der Waals surface area contributed by atoms with Gasteiger partial charge in [-0.2, -0.15) is 4.99 Å². The lowest BCUT2D eigenvalue weighted by atomic mass is 10.2. The molecule has 1 fully saturated rings. The summed E-state index contributed by atoms with van der Waals surface area (Å²) >= 11 is 2.82. The van der Waals surface area contributed by atoms with Gasteiger partial charge in [0.25, 0.3) is 5.91 Å². The topological polar surface area (TPSA) is 45.6 Å². The number of carbonyl (C=O) groups is 1. The molecule has 2 heterocycles. The predicted octanol–water partition coefficient (Wildman–Crippen LogP) is 3.38. The molecule has 0 aliphatic carbocycles. The van der Waals surface area contributed by atoms with Gasteiger partial charge in [0.15, 0.2) is 5.17 Å². The summed E-state index contributed by atoms with van der Waals surface area (Å²) in [6, 6.07) is 9.79. The Bertz CT molecular complexity index is 678. The molecule has 1 amide bonds. The van der Waals surface area contributed by atoms with Gasteiger partial charge in [0.05, 0.1) is 4.91 Å². The fourth-order valence-electron chi connectivity index (χ4n) is 1.71. The van der Waals surface area contributed by atoms with Crippen molar-refractivity contribution in [3.8, 4) is 0 Å². The Kier molecular flexibility index (Phi) is 3.66. The molecule has 1 saturated heterocycles. The fourth-order valence-corrected chi connectivity index (χ4v) is 3.24. The third kappa shape index (κ3) is 2.66. The minimum absolute atomic E-state index is 0.0332. The van der Waals surface area contributed by atoms with E-state index in [0.29, 0.717) is 15.2 Å². The number of aromatic nitrogens is 1. The highest BCUT2D eigenvalue weighted by Crippen LogP contribution is 2.33. The lowest BCUT2D eigenvalue weighted by molar-refractivity contribution is -0.121. The van der Waals surface area contributed by atoms with Crippen LogP contribution in [0.3, 0.4) is 0 Å². The molecule has 0 bridgehead atoms. The lowest BCUT2D eigenvalue weighted by Crippen LogP contribution is -2.23. The van der Waals surface area contributed by atoms with Gasteiger partial charge in [-0.15, -0.1) is 11.3 Å². The molecular formula is C14H11N3OS2. The third-order valence-electron chi connectivity index (χ3n) is 2.71. The molecule has 2 aromatic rings. The van der Waals surface area contributed by atoms with E-state index in [-0.39, 0.29) is 5.91 Å². The monoisotopic (exact) mass is 301 g/mol. The summed E-state index contributed by atoms with van der Waals surface area (Å²) in [7, 11) is 1.73. The first kappa shape index (κ1) is 13.1. The number of amides is 1. The summed E-state index contributed by atoms with van der Waals surface area (Å²) in [5.74, 6) is -0.0332. The van der Waals surface area contributed by atoms with Gasteiger partial charge in [0.1, 0.15) is 0 Å². The third-order valence-corrected chi connectivity index (χ3v) is 4.44. The van der Waals surface area contributed by atoms with Gasteiger partial charge in [0, 0.05) is 18.6 Å². The van der Waals surface area contributed by atoms with Crippen LogP contribution in [0, 0.1) is 0 Å². The molecule has 4 nitrogen and oxygen atoms in total. The van der Waals surface area contributed by atoms with Crippen molar-refractivity contribution in [3.05, 3.63) is 52.4 Å². The summed E-state index contributed by atoms with van der Waals surface area (Å²) in [5, 5.41) is 3.18. The summed E-state index contributed by atoms with van der Waals surface area (Å²) in [5.41, 5.74) is 1.01. The predicted molar refractivity (Wildman–Crippen MR) is 84.0 cm³/mol. The van der Waals surface area contributed by atoms with Crippen molar-refractivity contribution < 1.29 is 4.79 Å². The molecule has 20 heavy (non-hydrogen) atoms. The van der Waals surface area contributed by atoms with Gasteiger partial charge in [-0.05, 0) is 23.4 Å². The van der Waals surface area contributed by atoms with E-state index >= 15 is 0 Å². The maximum Gasteiger partial charge on any atom is 0.266 e. The van der Waals surface area contributed by atoms with Crippen molar-refractivity contribution in [2.24, 2.45) is 4.99 Å². The molecule has 1 aliphatic heterocycles. The van der Waals surface area contributed by atoms with E-state index in [9.17, 15) is 4.79 Å². The van der Waals surface area contributed by atoms with Gasteiger partial charge in [-0.25, -0.2) is 4.98 Å². The smallest absolute Gasteiger partial charge is 0.266 e. The number of nitrogens with zero attached hydrogens (tertiary/aromatic N) is 3. The van der Waals surface area contributed by atoms with Crippen LogP contribution in [0.25, 0.3) is 6.08 Å². The second-order valence-corrected chi connectivity index (χ2v) is 5.98. The van der Waals surface area contributed by atoms with E-state index in [0.717, 1.165) is 5.56 Å². The molecule has 6 heteroatoms. The van der Waals surface area contributed by atoms with Crippen LogP contribution in [-0.2, 0) is 4.79 Å². The first-order chi connectivity index (χ1) is 9.74. The number of thiazole rings is 1. The van der Waals surface area contributed by atoms with Crippen LogP contribution in [0.15, 0.2) is 51.8 Å². The number of amidine groups is 1. The Morgan fingerprint density at radius 3 is 2.80 bits per heavy atom. The van der Waals surface area contributed by atoms with E-state index in [1.807, 2.05) is 41.8 Å². The van der Waals surface area contributed by atoms with Crippen LogP contribution in [0.1, 0.15) is 5.56 Å². The van der Waals surface area contributed by atoms with E-state index in [1.165, 1.54) is 23.1 Å². The largest absolute Gasteiger partial charge is 0.289 e. The maximum absolute atomic E-state index is 12.2. The van der Waals surface area contributed by atoms with Gasteiger partial charge < -0.3 is 0 Å². The van der Waals surface area contributed by atoms with Gasteiger partial charge >= 0.3 is 0 Å². The Morgan fingerprint density at radius 2 is 2.10 bits per heavy atom. The van der Waals surface area contributed by atoms with E-state index < -0.39 is 0 Å². The first-order valence-corrected chi connectivity index (χ1v) is 7.64. The highest BCUT2D eigenvalue weighted by atomic mass is 32.2. The average Bonchev–Trinajstić information content (AvgIpc) is 3.06. The lowest BCUT2D eigenvalue weighted by Gasteiger charge is -2.05. The molecule has 0 spiro atoms. The second kappa shape index (κ2) is 5.60. The molecule has 0 N–H and O–H groups in total. The second-order valence-electron chi connectivity index (χ2n) is 4.09. The fraction of sp³-hybridized carbons (Fsp3) is 0.0714. The number of likely N-dealkylation sites (N-methyl/N-ethyl adjacent to an activating group) is 1. The zero-order chi connectivity index (χ0) is 13.9. The molecule has 1 aromatic carbocycles. The number of hydrogen-bond donors (Lipinski definition) is 0. The van der Waals surface area contributed by atoms with Gasteiger partial charge in [-0.1, -0.05) is 30.3 Å². The average molecular weight is 301 g/mol. The molecule has 0 saturated carbocycles. The van der Waals surface area contributed by atoms with Crippen LogP contribution < -0.4 is 0 Å². The number of thioether (sulfide) groups is 1. The summed E-state index contributed by atoms with van der Waals surface area (Å²) in [4.78, 5) is 22.9. The quantitative estimate of drug-likeness (QED) is 0.799. The van der Waals surface area contributed by atoms with Crippen LogP contribution in [-0.4, -0.2) is 28.0 Å². The Morgan fingerprint density at radius 1 is 1.30 bits per heavy atom. The van der Waals surface area contributed by atoms with Crippen LogP contribution in [0.5, 0.6) is 0 Å². The molecule has 3 rings (SSSR count). The van der Waals surface area contributed by atoms with Gasteiger partial charge in [0.2, 0.25) is 5.13 Å². The standard InChI is InChI=1S/C14H11N3OS2/c1-17-12(18)11(9-10-5-3-2-4-6-10)20-14(17)16-13-15-7-8-19-13/h2-9H,1H3/b11-9-,16-14+. The number of hydrogen-bond acceptors (Lipinski definition) is 5. The van der Waals surface area contributed by atoms with E-state index in [1.54, 1.807) is 18.1 Å². The zero-order valence-corrected chi connectivity index (χ0v) is 12.3. The molecule has 100 valence electrons. The van der Waals surface area contributed by atoms with Crippen molar-refractivity contribution in [2.75, 3.05) is 7.05 Å². The van der Waals surface area contributed by atoms with Crippen LogP contribution >= 0.6 is 23.1 Å². The minimum atomic E-state index is -0.0332. The summed E-state index contributed by atoms with van der Waals surface area (Å²) in [6.45, 7) is 0. The van der Waals surface area contributed by atoms with Crippen molar-refractivity contribution in [2.45, 2.75) is 0 Å². The molecule has 0 unspecified atom stereocenters. The molecule has 1 aromatic heterocycles. The highest BCUT2D eigenvalue weighted by Gasteiger charge is 2.30. The van der Waals surface area contributed by atoms with Crippen LogP contribution in [0.4, 0.5) is 5.13 Å². The molecule has 1 aliphatic rings. The normalized spacial score (nSPS) is 19.2. The van der Waals surface area contributed by atoms with Crippen molar-refractivity contribution in [1.82, 2.24) is 9.88 Å². The van der Waals surface area contributed by atoms with Crippen molar-refractivity contribution in [3.63, 3.8) is 0 Å². The zero-order valence-electron chi connectivity index (χ0n) is 10.7. The Labute approximate surface area is 124 Å². The summed E-state index contributed by atoms with van der Waals surface area (Å²) in [6.07, 6.45) is 3.58. The van der Waals surface area contributed by atoms with E-state index in [2.05, 4.69) is 9.98 Å². The Balaban J connectivity index is 1.89. The number of carbonyl (C=O) groups excluding carboxylic acids is 1. The number of aliphatic imine (C=N–C) groups is 1. The first-order valence-electron chi connectivity index (χ1n) is 5.95.